The van der Waals surface area contributed by atoms with E-state index in [-0.39, 0.29) is 23.4 Å². The molecule has 1 aromatic rings. The summed E-state index contributed by atoms with van der Waals surface area (Å²) in [4.78, 5) is 31.5. The topological polar surface area (TPSA) is 58.0 Å². The van der Waals surface area contributed by atoms with Crippen LogP contribution >= 0.6 is 23.4 Å². The highest BCUT2D eigenvalue weighted by molar-refractivity contribution is 8.00. The van der Waals surface area contributed by atoms with Crippen LogP contribution in [0.3, 0.4) is 0 Å². The predicted octanol–water partition coefficient (Wildman–Crippen LogP) is 1.35. The molecule has 0 atom stereocenters. The van der Waals surface area contributed by atoms with Gasteiger partial charge in [-0.05, 0) is 6.07 Å². The van der Waals surface area contributed by atoms with Crippen LogP contribution in [0.2, 0.25) is 5.02 Å². The highest BCUT2D eigenvalue weighted by Gasteiger charge is 2.35. The van der Waals surface area contributed by atoms with E-state index in [0.29, 0.717) is 43.6 Å². The summed E-state index contributed by atoms with van der Waals surface area (Å²) in [5.74, 6) is 1.18. The number of aromatic nitrogens is 1. The first-order valence-electron chi connectivity index (χ1n) is 7.92. The summed E-state index contributed by atoms with van der Waals surface area (Å²) in [6, 6.07) is 0.890. The molecule has 0 saturated carbocycles. The maximum absolute atomic E-state index is 12.7. The lowest BCUT2D eigenvalue weighted by atomic mass is 10.2. The first-order chi connectivity index (χ1) is 12.3. The van der Waals surface area contributed by atoms with Gasteiger partial charge < -0.3 is 9.80 Å². The minimum atomic E-state index is -4.46. The van der Waals surface area contributed by atoms with E-state index in [0.717, 1.165) is 12.3 Å². The van der Waals surface area contributed by atoms with Crippen molar-refractivity contribution in [1.29, 1.82) is 0 Å². The third-order valence-electron chi connectivity index (χ3n) is 4.30. The molecule has 0 aliphatic carbocycles. The predicted molar refractivity (Wildman–Crippen MR) is 90.8 cm³/mol. The molecule has 142 valence electrons. The van der Waals surface area contributed by atoms with Gasteiger partial charge >= 0.3 is 6.18 Å². The van der Waals surface area contributed by atoms with Gasteiger partial charge in [0.25, 0.3) is 5.82 Å². The van der Waals surface area contributed by atoms with Crippen molar-refractivity contribution in [2.45, 2.75) is 6.18 Å². The van der Waals surface area contributed by atoms with Crippen LogP contribution in [-0.2, 0) is 15.8 Å². The summed E-state index contributed by atoms with van der Waals surface area (Å²) in [7, 11) is 0. The van der Waals surface area contributed by atoms with E-state index >= 15 is 0 Å². The molecular formula is C15H17ClF3N4O2S+. The van der Waals surface area contributed by atoms with Crippen molar-refractivity contribution in [3.05, 3.63) is 22.8 Å². The Morgan fingerprint density at radius 1 is 1.27 bits per heavy atom. The third-order valence-corrected chi connectivity index (χ3v) is 5.53. The molecule has 3 rings (SSSR count). The number of halogens is 4. The first kappa shape index (κ1) is 19.1. The van der Waals surface area contributed by atoms with Crippen molar-refractivity contribution < 1.29 is 27.7 Å². The number of anilines is 1. The van der Waals surface area contributed by atoms with Crippen LogP contribution < -0.4 is 9.88 Å². The molecule has 0 spiro atoms. The standard InChI is InChI=1S/C15H16ClF3N4O2S/c16-11-5-10(15(17,18)19)6-20-14(11)22-3-1-21(2-4-22)12(24)7-23-9-26-8-13(23)25/h5-6H,1-4,7-9H2/p+1. The number of piperazine rings is 1. The zero-order valence-corrected chi connectivity index (χ0v) is 15.3. The van der Waals surface area contributed by atoms with Gasteiger partial charge in [-0.15, -0.1) is 11.8 Å². The van der Waals surface area contributed by atoms with Gasteiger partial charge in [-0.1, -0.05) is 11.6 Å². The average molecular weight is 410 g/mol. The number of hydrogen-bond acceptors (Lipinski definition) is 4. The van der Waals surface area contributed by atoms with Crippen LogP contribution in [0, 0.1) is 0 Å². The summed E-state index contributed by atoms with van der Waals surface area (Å²) in [5.41, 5.74) is -0.840. The lowest BCUT2D eigenvalue weighted by Gasteiger charge is -2.32. The highest BCUT2D eigenvalue weighted by Crippen LogP contribution is 2.32. The van der Waals surface area contributed by atoms with Crippen LogP contribution in [0.4, 0.5) is 19.0 Å². The van der Waals surface area contributed by atoms with Gasteiger partial charge in [-0.3, -0.25) is 14.5 Å². The first-order valence-corrected chi connectivity index (χ1v) is 9.45. The molecule has 1 aromatic heterocycles. The van der Waals surface area contributed by atoms with Crippen LogP contribution in [0.25, 0.3) is 0 Å². The van der Waals surface area contributed by atoms with E-state index < -0.39 is 11.7 Å². The monoisotopic (exact) mass is 409 g/mol. The van der Waals surface area contributed by atoms with Gasteiger partial charge in [0.05, 0.1) is 30.3 Å². The summed E-state index contributed by atoms with van der Waals surface area (Å²) in [5, 5.41) is -0.0145. The number of hydrogen-bond donors (Lipinski definition) is 0. The zero-order valence-electron chi connectivity index (χ0n) is 13.7. The number of thioether (sulfide) groups is 1. The average Bonchev–Trinajstić information content (AvgIpc) is 2.99. The van der Waals surface area contributed by atoms with Crippen LogP contribution in [0.1, 0.15) is 5.56 Å². The Morgan fingerprint density at radius 2 is 1.96 bits per heavy atom. The van der Waals surface area contributed by atoms with Crippen molar-refractivity contribution in [2.24, 2.45) is 0 Å². The number of amides is 2. The molecule has 2 fully saturated rings. The Bertz CT molecular complexity index is 711. The van der Waals surface area contributed by atoms with Crippen LogP contribution in [-0.4, -0.2) is 66.0 Å². The SMILES string of the molecule is O=C(CN1CSCC1=O)N1CCN(c2[nH+]cc(C(F)(F)F)cc2Cl)CC1. The number of H-pyrrole nitrogens is 1. The molecule has 0 aromatic carbocycles. The van der Waals surface area contributed by atoms with Crippen LogP contribution in [0.5, 0.6) is 0 Å². The van der Waals surface area contributed by atoms with Gasteiger partial charge in [0.1, 0.15) is 30.9 Å². The molecule has 1 N–H and O–H groups in total. The minimum Gasteiger partial charge on any atom is -0.333 e. The molecule has 2 saturated heterocycles. The highest BCUT2D eigenvalue weighted by atomic mass is 35.5. The number of carbonyl (C=O) groups excluding carboxylic acids is 2. The van der Waals surface area contributed by atoms with Crippen LogP contribution in [0.15, 0.2) is 12.3 Å². The third kappa shape index (κ3) is 4.17. The number of alkyl halides is 3. The molecule has 11 heteroatoms. The van der Waals surface area contributed by atoms with Gasteiger partial charge in [0.2, 0.25) is 11.8 Å². The Labute approximate surface area is 157 Å². The number of carbonyl (C=O) groups is 2. The molecule has 0 radical (unpaired) electrons. The van der Waals surface area contributed by atoms with Crippen molar-refractivity contribution in [3.63, 3.8) is 0 Å². The summed E-state index contributed by atoms with van der Waals surface area (Å²) >= 11 is 7.48. The lowest BCUT2D eigenvalue weighted by molar-refractivity contribution is -0.367. The molecule has 0 unspecified atom stereocenters. The second-order valence-electron chi connectivity index (χ2n) is 6.02. The molecule has 26 heavy (non-hydrogen) atoms. The van der Waals surface area contributed by atoms with E-state index in [1.54, 1.807) is 4.90 Å². The fraction of sp³-hybridized carbons (Fsp3) is 0.533. The van der Waals surface area contributed by atoms with Crippen molar-refractivity contribution in [2.75, 3.05) is 49.3 Å². The van der Waals surface area contributed by atoms with Gasteiger partial charge in [0.15, 0.2) is 0 Å². The second kappa shape index (κ2) is 7.51. The number of nitrogens with zero attached hydrogens (tertiary/aromatic N) is 3. The van der Waals surface area contributed by atoms with Gasteiger partial charge in [0, 0.05) is 0 Å². The number of pyridine rings is 1. The summed E-state index contributed by atoms with van der Waals surface area (Å²) in [6.07, 6.45) is -3.58. The zero-order chi connectivity index (χ0) is 18.9. The van der Waals surface area contributed by atoms with Crippen molar-refractivity contribution in [1.82, 2.24) is 9.80 Å². The van der Waals surface area contributed by atoms with E-state index in [1.165, 1.54) is 16.7 Å². The molecule has 3 heterocycles. The molecule has 2 aliphatic rings. The molecule has 2 amide bonds. The van der Waals surface area contributed by atoms with E-state index in [1.807, 2.05) is 4.90 Å². The Kier molecular flexibility index (Phi) is 5.52. The van der Waals surface area contributed by atoms with Crippen molar-refractivity contribution >= 4 is 41.0 Å². The molecule has 0 bridgehead atoms. The number of rotatable bonds is 3. The van der Waals surface area contributed by atoms with Gasteiger partial charge in [-0.2, -0.15) is 13.2 Å². The molecule has 2 aliphatic heterocycles. The van der Waals surface area contributed by atoms with E-state index in [4.69, 9.17) is 11.6 Å². The fourth-order valence-corrected chi connectivity index (χ4v) is 4.05. The number of aromatic amines is 1. The summed E-state index contributed by atoms with van der Waals surface area (Å²) < 4.78 is 38.1. The Morgan fingerprint density at radius 3 is 2.50 bits per heavy atom. The maximum atomic E-state index is 12.7. The van der Waals surface area contributed by atoms with Crippen molar-refractivity contribution in [3.8, 4) is 0 Å². The molecule has 6 nitrogen and oxygen atoms in total. The fourth-order valence-electron chi connectivity index (χ4n) is 2.85. The van der Waals surface area contributed by atoms with E-state index in [2.05, 4.69) is 4.98 Å². The smallest absolute Gasteiger partial charge is 0.333 e. The second-order valence-corrected chi connectivity index (χ2v) is 7.38. The van der Waals surface area contributed by atoms with E-state index in [9.17, 15) is 22.8 Å². The maximum Gasteiger partial charge on any atom is 0.419 e. The Balaban J connectivity index is 1.58. The lowest BCUT2D eigenvalue weighted by Crippen LogP contribution is -2.52. The van der Waals surface area contributed by atoms with Gasteiger partial charge in [-0.25, -0.2) is 4.98 Å². The molecular weight excluding hydrogens is 393 g/mol. The Hall–Kier alpha value is -1.68. The summed E-state index contributed by atoms with van der Waals surface area (Å²) in [6.45, 7) is 1.78. The number of nitrogens with one attached hydrogen (secondary N) is 1. The minimum absolute atomic E-state index is 0.0145. The largest absolute Gasteiger partial charge is 0.419 e. The quantitative estimate of drug-likeness (QED) is 0.756. The normalized spacial score (nSPS) is 18.6.